The lowest BCUT2D eigenvalue weighted by molar-refractivity contribution is 0.103. The lowest BCUT2D eigenvalue weighted by atomic mass is 10.0. The van der Waals surface area contributed by atoms with Crippen LogP contribution in [0.25, 0.3) is 0 Å². The van der Waals surface area contributed by atoms with E-state index in [4.69, 9.17) is 4.74 Å². The van der Waals surface area contributed by atoms with Crippen LogP contribution < -0.4 is 4.74 Å². The van der Waals surface area contributed by atoms with E-state index in [9.17, 15) is 4.79 Å². The van der Waals surface area contributed by atoms with Gasteiger partial charge in [-0.3, -0.25) is 9.78 Å². The Balaban J connectivity index is 2.40. The molecule has 0 spiro atoms. The van der Waals surface area contributed by atoms with Gasteiger partial charge in [0.05, 0.1) is 12.2 Å². The largest absolute Gasteiger partial charge is 0.493 e. The van der Waals surface area contributed by atoms with Crippen LogP contribution in [0, 0.1) is 6.92 Å². The van der Waals surface area contributed by atoms with E-state index in [2.05, 4.69) is 4.98 Å². The number of rotatable bonds is 4. The molecule has 1 aromatic heterocycles. The Bertz CT molecular complexity index is 564. The molecule has 2 aromatic rings. The number of pyridine rings is 1. The number of hydrogen-bond donors (Lipinski definition) is 0. The third-order valence-corrected chi connectivity index (χ3v) is 2.59. The highest BCUT2D eigenvalue weighted by Gasteiger charge is 2.14. The molecule has 92 valence electrons. The summed E-state index contributed by atoms with van der Waals surface area (Å²) >= 11 is 0. The standard InChI is InChI=1S/C15H15NO2/c1-3-18-14-7-5-4-6-13(14)15(17)12-8-9-16-11(2)10-12/h4-10H,3H2,1-2H3. The van der Waals surface area contributed by atoms with Gasteiger partial charge < -0.3 is 4.74 Å². The van der Waals surface area contributed by atoms with Crippen molar-refractivity contribution in [3.63, 3.8) is 0 Å². The van der Waals surface area contributed by atoms with E-state index in [1.807, 2.05) is 32.0 Å². The molecule has 0 aliphatic carbocycles. The number of carbonyl (C=O) groups excluding carboxylic acids is 1. The minimum Gasteiger partial charge on any atom is -0.493 e. The maximum atomic E-state index is 12.4. The van der Waals surface area contributed by atoms with Crippen LogP contribution in [0.2, 0.25) is 0 Å². The second kappa shape index (κ2) is 5.45. The molecule has 0 unspecified atom stereocenters. The van der Waals surface area contributed by atoms with Crippen LogP contribution in [-0.2, 0) is 0 Å². The summed E-state index contributed by atoms with van der Waals surface area (Å²) in [5.74, 6) is 0.587. The highest BCUT2D eigenvalue weighted by Crippen LogP contribution is 2.21. The van der Waals surface area contributed by atoms with Gasteiger partial charge in [0.1, 0.15) is 5.75 Å². The quantitative estimate of drug-likeness (QED) is 0.772. The molecule has 1 aromatic carbocycles. The van der Waals surface area contributed by atoms with Gasteiger partial charge in [-0.2, -0.15) is 0 Å². The molecular formula is C15H15NO2. The minimum absolute atomic E-state index is 0.0375. The average molecular weight is 241 g/mol. The molecule has 0 aliphatic rings. The number of benzene rings is 1. The highest BCUT2D eigenvalue weighted by atomic mass is 16.5. The van der Waals surface area contributed by atoms with Crippen LogP contribution in [0.15, 0.2) is 42.6 Å². The Hall–Kier alpha value is -2.16. The van der Waals surface area contributed by atoms with E-state index >= 15 is 0 Å². The third kappa shape index (κ3) is 2.56. The summed E-state index contributed by atoms with van der Waals surface area (Å²) in [6, 6.07) is 10.8. The molecule has 3 nitrogen and oxygen atoms in total. The minimum atomic E-state index is -0.0375. The molecule has 0 fully saturated rings. The van der Waals surface area contributed by atoms with E-state index in [1.165, 1.54) is 0 Å². The molecule has 0 saturated carbocycles. The van der Waals surface area contributed by atoms with Crippen molar-refractivity contribution >= 4 is 5.78 Å². The van der Waals surface area contributed by atoms with Crippen LogP contribution in [0.5, 0.6) is 5.75 Å². The summed E-state index contributed by atoms with van der Waals surface area (Å²) in [5, 5.41) is 0. The van der Waals surface area contributed by atoms with E-state index < -0.39 is 0 Å². The second-order valence-corrected chi connectivity index (χ2v) is 3.94. The van der Waals surface area contributed by atoms with Gasteiger partial charge >= 0.3 is 0 Å². The monoisotopic (exact) mass is 241 g/mol. The predicted molar refractivity (Wildman–Crippen MR) is 70.0 cm³/mol. The zero-order valence-corrected chi connectivity index (χ0v) is 10.5. The molecule has 0 bridgehead atoms. The first-order valence-electron chi connectivity index (χ1n) is 5.91. The van der Waals surface area contributed by atoms with Gasteiger partial charge in [-0.15, -0.1) is 0 Å². The topological polar surface area (TPSA) is 39.2 Å². The predicted octanol–water partition coefficient (Wildman–Crippen LogP) is 3.02. The summed E-state index contributed by atoms with van der Waals surface area (Å²) < 4.78 is 5.47. The number of para-hydroxylation sites is 1. The summed E-state index contributed by atoms with van der Waals surface area (Å²) in [6.07, 6.45) is 1.64. The fourth-order valence-electron chi connectivity index (χ4n) is 1.78. The van der Waals surface area contributed by atoms with E-state index in [1.54, 1.807) is 24.4 Å². The number of hydrogen-bond acceptors (Lipinski definition) is 3. The molecule has 0 aliphatic heterocycles. The van der Waals surface area contributed by atoms with Crippen LogP contribution >= 0.6 is 0 Å². The Morgan fingerprint density at radius 1 is 1.28 bits per heavy atom. The fraction of sp³-hybridized carbons (Fsp3) is 0.200. The second-order valence-electron chi connectivity index (χ2n) is 3.94. The van der Waals surface area contributed by atoms with Crippen LogP contribution in [0.4, 0.5) is 0 Å². The van der Waals surface area contributed by atoms with Crippen molar-refractivity contribution in [1.29, 1.82) is 0 Å². The number of ether oxygens (including phenoxy) is 1. The van der Waals surface area contributed by atoms with Crippen molar-refractivity contribution in [1.82, 2.24) is 4.98 Å². The van der Waals surface area contributed by atoms with Gasteiger partial charge in [-0.25, -0.2) is 0 Å². The Morgan fingerprint density at radius 2 is 2.06 bits per heavy atom. The number of aryl methyl sites for hydroxylation is 1. The SMILES string of the molecule is CCOc1ccccc1C(=O)c1ccnc(C)c1. The Labute approximate surface area is 106 Å². The molecule has 0 radical (unpaired) electrons. The van der Waals surface area contributed by atoms with Crippen molar-refractivity contribution in [2.45, 2.75) is 13.8 Å². The molecule has 2 rings (SSSR count). The number of nitrogens with zero attached hydrogens (tertiary/aromatic N) is 1. The Kier molecular flexibility index (Phi) is 3.72. The zero-order chi connectivity index (χ0) is 13.0. The van der Waals surface area contributed by atoms with Crippen LogP contribution in [-0.4, -0.2) is 17.4 Å². The van der Waals surface area contributed by atoms with Gasteiger partial charge in [0.15, 0.2) is 5.78 Å². The average Bonchev–Trinajstić information content (AvgIpc) is 2.39. The van der Waals surface area contributed by atoms with E-state index in [0.29, 0.717) is 23.5 Å². The van der Waals surface area contributed by atoms with Gasteiger partial charge in [0.2, 0.25) is 0 Å². The summed E-state index contributed by atoms with van der Waals surface area (Å²) in [5.41, 5.74) is 2.05. The maximum absolute atomic E-state index is 12.4. The van der Waals surface area contributed by atoms with Crippen molar-refractivity contribution in [2.75, 3.05) is 6.61 Å². The molecule has 3 heteroatoms. The molecule has 0 amide bonds. The van der Waals surface area contributed by atoms with Crippen molar-refractivity contribution < 1.29 is 9.53 Å². The van der Waals surface area contributed by atoms with Crippen molar-refractivity contribution in [3.05, 3.63) is 59.4 Å². The molecule has 0 atom stereocenters. The Morgan fingerprint density at radius 3 is 2.78 bits per heavy atom. The normalized spacial score (nSPS) is 10.1. The van der Waals surface area contributed by atoms with E-state index in [-0.39, 0.29) is 5.78 Å². The fourth-order valence-corrected chi connectivity index (χ4v) is 1.78. The summed E-state index contributed by atoms with van der Waals surface area (Å²) in [4.78, 5) is 16.5. The van der Waals surface area contributed by atoms with E-state index in [0.717, 1.165) is 5.69 Å². The number of carbonyl (C=O) groups is 1. The first kappa shape index (κ1) is 12.3. The molecule has 1 heterocycles. The smallest absolute Gasteiger partial charge is 0.196 e. The highest BCUT2D eigenvalue weighted by molar-refractivity contribution is 6.10. The van der Waals surface area contributed by atoms with Gasteiger partial charge in [0, 0.05) is 17.5 Å². The first-order valence-corrected chi connectivity index (χ1v) is 5.91. The summed E-state index contributed by atoms with van der Waals surface area (Å²) in [6.45, 7) is 4.31. The molecular weight excluding hydrogens is 226 g/mol. The number of aromatic nitrogens is 1. The number of ketones is 1. The molecule has 0 N–H and O–H groups in total. The van der Waals surface area contributed by atoms with Crippen LogP contribution in [0.1, 0.15) is 28.5 Å². The zero-order valence-electron chi connectivity index (χ0n) is 10.5. The lowest BCUT2D eigenvalue weighted by Crippen LogP contribution is -2.05. The third-order valence-electron chi connectivity index (χ3n) is 2.59. The maximum Gasteiger partial charge on any atom is 0.196 e. The van der Waals surface area contributed by atoms with Gasteiger partial charge in [-0.05, 0) is 38.1 Å². The van der Waals surface area contributed by atoms with Crippen molar-refractivity contribution in [3.8, 4) is 5.75 Å². The molecule has 18 heavy (non-hydrogen) atoms. The van der Waals surface area contributed by atoms with Gasteiger partial charge in [0.25, 0.3) is 0 Å². The van der Waals surface area contributed by atoms with Gasteiger partial charge in [-0.1, -0.05) is 12.1 Å². The van der Waals surface area contributed by atoms with Crippen LogP contribution in [0.3, 0.4) is 0 Å². The lowest BCUT2D eigenvalue weighted by Gasteiger charge is -2.09. The summed E-state index contributed by atoms with van der Waals surface area (Å²) in [7, 11) is 0. The first-order chi connectivity index (χ1) is 8.72. The van der Waals surface area contributed by atoms with Crippen molar-refractivity contribution in [2.24, 2.45) is 0 Å². The molecule has 0 saturated heterocycles.